The molecule has 3 N–H and O–H groups in total. The molecule has 26 heavy (non-hydrogen) atoms. The molecule has 1 aromatic carbocycles. The first kappa shape index (κ1) is 19.5. The zero-order chi connectivity index (χ0) is 19.1. The van der Waals surface area contributed by atoms with E-state index in [1.165, 1.54) is 6.07 Å². The smallest absolute Gasteiger partial charge is 0.248 e. The summed E-state index contributed by atoms with van der Waals surface area (Å²) in [6.45, 7) is 1.48. The molecule has 0 radical (unpaired) electrons. The lowest BCUT2D eigenvalue weighted by Gasteiger charge is -2.17. The number of benzene rings is 1. The summed E-state index contributed by atoms with van der Waals surface area (Å²) in [5, 5.41) is 17.5. The number of rotatable bonds is 8. The average molecular weight is 367 g/mol. The third kappa shape index (κ3) is 5.62. The third-order valence-corrected chi connectivity index (χ3v) is 3.48. The summed E-state index contributed by atoms with van der Waals surface area (Å²) in [5.41, 5.74) is 0.166. The van der Waals surface area contributed by atoms with Crippen LogP contribution in [0.15, 0.2) is 28.8 Å². The maximum atomic E-state index is 13.2. The Kier molecular flexibility index (Phi) is 6.79. The van der Waals surface area contributed by atoms with E-state index in [9.17, 15) is 18.4 Å². The van der Waals surface area contributed by atoms with Crippen molar-refractivity contribution < 1.29 is 28.0 Å². The van der Waals surface area contributed by atoms with Gasteiger partial charge in [-0.1, -0.05) is 18.5 Å². The minimum atomic E-state index is -0.847. The van der Waals surface area contributed by atoms with Gasteiger partial charge in [0.15, 0.2) is 11.6 Å². The molecule has 0 aliphatic rings. The van der Waals surface area contributed by atoms with Crippen LogP contribution in [0, 0.1) is 11.6 Å². The number of halogens is 2. The highest BCUT2D eigenvalue weighted by Crippen LogP contribution is 2.11. The van der Waals surface area contributed by atoms with Crippen LogP contribution in [-0.2, 0) is 22.6 Å². The van der Waals surface area contributed by atoms with Crippen LogP contribution in [0.1, 0.15) is 31.1 Å². The van der Waals surface area contributed by atoms with E-state index in [4.69, 9.17) is 9.63 Å². The lowest BCUT2D eigenvalue weighted by atomic mass is 10.1. The van der Waals surface area contributed by atoms with Crippen LogP contribution in [0.5, 0.6) is 0 Å². The molecule has 140 valence electrons. The number of carbonyl (C=O) groups excluding carboxylic acids is 2. The molecule has 2 amide bonds. The number of aromatic nitrogens is 1. The number of nitrogens with zero attached hydrogens (tertiary/aromatic N) is 1. The van der Waals surface area contributed by atoms with E-state index >= 15 is 0 Å². The van der Waals surface area contributed by atoms with Crippen LogP contribution in [0.25, 0.3) is 0 Å². The fraction of sp³-hybridized carbons (Fsp3) is 0.353. The highest BCUT2D eigenvalue weighted by atomic mass is 19.1. The fourth-order valence-electron chi connectivity index (χ4n) is 2.36. The van der Waals surface area contributed by atoms with E-state index in [1.807, 2.05) is 6.92 Å². The van der Waals surface area contributed by atoms with Crippen LogP contribution < -0.4 is 10.6 Å². The van der Waals surface area contributed by atoms with Gasteiger partial charge in [-0.15, -0.1) is 0 Å². The second kappa shape index (κ2) is 9.04. The molecule has 0 bridgehead atoms. The predicted octanol–water partition coefficient (Wildman–Crippen LogP) is 1.91. The summed E-state index contributed by atoms with van der Waals surface area (Å²) in [6, 6.07) is 3.35. The molecule has 2 rings (SSSR count). The maximum absolute atomic E-state index is 13.2. The number of hydrogen-bond donors (Lipinski definition) is 3. The minimum absolute atomic E-state index is 0.113. The zero-order valence-electron chi connectivity index (χ0n) is 14.1. The summed E-state index contributed by atoms with van der Waals surface area (Å²) in [4.78, 5) is 24.4. The minimum Gasteiger partial charge on any atom is -0.388 e. The summed E-state index contributed by atoms with van der Waals surface area (Å²) in [7, 11) is 0. The molecule has 1 aromatic heterocycles. The second-order valence-electron chi connectivity index (χ2n) is 5.69. The van der Waals surface area contributed by atoms with E-state index in [2.05, 4.69) is 15.8 Å². The highest BCUT2D eigenvalue weighted by molar-refractivity contribution is 5.96. The van der Waals surface area contributed by atoms with Crippen LogP contribution in [0.3, 0.4) is 0 Å². The number of aliphatic hydroxyl groups excluding tert-OH is 1. The Bertz CT molecular complexity index is 759. The van der Waals surface area contributed by atoms with Gasteiger partial charge in [0.05, 0.1) is 6.42 Å². The van der Waals surface area contributed by atoms with Crippen LogP contribution in [0.4, 0.5) is 14.6 Å². The normalized spacial score (nSPS) is 11.8. The Balaban J connectivity index is 1.99. The first-order valence-electron chi connectivity index (χ1n) is 8.03. The van der Waals surface area contributed by atoms with Crippen molar-refractivity contribution in [1.29, 1.82) is 0 Å². The van der Waals surface area contributed by atoms with Crippen molar-refractivity contribution in [1.82, 2.24) is 10.5 Å². The number of anilines is 1. The molecule has 0 saturated heterocycles. The maximum Gasteiger partial charge on any atom is 0.248 e. The van der Waals surface area contributed by atoms with Gasteiger partial charge in [0.25, 0.3) is 0 Å². The Labute approximate surface area is 148 Å². The van der Waals surface area contributed by atoms with Gasteiger partial charge in [0.1, 0.15) is 24.3 Å². The topological polar surface area (TPSA) is 104 Å². The fourth-order valence-corrected chi connectivity index (χ4v) is 2.36. The quantitative estimate of drug-likeness (QED) is 0.661. The monoisotopic (exact) mass is 367 g/mol. The van der Waals surface area contributed by atoms with Crippen molar-refractivity contribution in [3.8, 4) is 0 Å². The van der Waals surface area contributed by atoms with Gasteiger partial charge in [-0.2, -0.15) is 0 Å². The van der Waals surface area contributed by atoms with Crippen molar-refractivity contribution >= 4 is 17.6 Å². The first-order valence-corrected chi connectivity index (χ1v) is 8.03. The van der Waals surface area contributed by atoms with Gasteiger partial charge < -0.3 is 20.3 Å². The van der Waals surface area contributed by atoms with Crippen LogP contribution in [0.2, 0.25) is 0 Å². The number of hydrogen-bond acceptors (Lipinski definition) is 5. The number of amides is 2. The van der Waals surface area contributed by atoms with Gasteiger partial charge in [-0.05, 0) is 24.1 Å². The summed E-state index contributed by atoms with van der Waals surface area (Å²) >= 11 is 0. The second-order valence-corrected chi connectivity index (χ2v) is 5.69. The largest absolute Gasteiger partial charge is 0.388 e. The summed E-state index contributed by atoms with van der Waals surface area (Å²) in [6.07, 6.45) is 0.717. The molecule has 0 saturated carbocycles. The third-order valence-electron chi connectivity index (χ3n) is 3.48. The molecule has 0 fully saturated rings. The van der Waals surface area contributed by atoms with Crippen molar-refractivity contribution in [2.24, 2.45) is 0 Å². The van der Waals surface area contributed by atoms with Crippen LogP contribution >= 0.6 is 0 Å². The lowest BCUT2D eigenvalue weighted by Crippen LogP contribution is -2.44. The van der Waals surface area contributed by atoms with Crippen molar-refractivity contribution in [2.45, 2.75) is 38.8 Å². The molecule has 1 heterocycles. The average Bonchev–Trinajstić information content (AvgIpc) is 3.01. The Hall–Kier alpha value is -2.81. The molecule has 1 atom stereocenters. The van der Waals surface area contributed by atoms with E-state index in [0.717, 1.165) is 12.1 Å². The standard InChI is InChI=1S/C17H19F2N3O4/c1-2-3-14(17(25)21-15-8-13(9-23)26-22-15)20-16(24)6-10-4-11(18)7-12(19)5-10/h4-5,7-8,14,23H,2-3,6,9H2,1H3,(H,20,24)(H,21,22,25)/t14-/m0/s1. The van der Waals surface area contributed by atoms with Gasteiger partial charge in [0, 0.05) is 12.1 Å². The Morgan fingerprint density at radius 3 is 2.50 bits per heavy atom. The SMILES string of the molecule is CCC[C@H](NC(=O)Cc1cc(F)cc(F)c1)C(=O)Nc1cc(CO)on1. The van der Waals surface area contributed by atoms with E-state index in [0.29, 0.717) is 18.9 Å². The zero-order valence-corrected chi connectivity index (χ0v) is 14.1. The Morgan fingerprint density at radius 2 is 1.92 bits per heavy atom. The Morgan fingerprint density at radius 1 is 1.23 bits per heavy atom. The molecule has 2 aromatic rings. The molecule has 0 aliphatic heterocycles. The predicted molar refractivity (Wildman–Crippen MR) is 88.0 cm³/mol. The highest BCUT2D eigenvalue weighted by Gasteiger charge is 2.21. The molecule has 7 nitrogen and oxygen atoms in total. The van der Waals surface area contributed by atoms with E-state index in [-0.39, 0.29) is 30.2 Å². The van der Waals surface area contributed by atoms with Gasteiger partial charge in [-0.25, -0.2) is 8.78 Å². The first-order chi connectivity index (χ1) is 12.4. The molecule has 0 spiro atoms. The van der Waals surface area contributed by atoms with Crippen molar-refractivity contribution in [3.63, 3.8) is 0 Å². The van der Waals surface area contributed by atoms with Crippen molar-refractivity contribution in [3.05, 3.63) is 47.2 Å². The van der Waals surface area contributed by atoms with Gasteiger partial charge in [-0.3, -0.25) is 9.59 Å². The molecule has 9 heteroatoms. The van der Waals surface area contributed by atoms with Crippen LogP contribution in [-0.4, -0.2) is 28.1 Å². The number of nitrogens with one attached hydrogen (secondary N) is 2. The summed E-state index contributed by atoms with van der Waals surface area (Å²) < 4.78 is 31.2. The van der Waals surface area contributed by atoms with Gasteiger partial charge >= 0.3 is 0 Å². The molecular formula is C17H19F2N3O4. The summed E-state index contributed by atoms with van der Waals surface area (Å²) in [5.74, 6) is -2.31. The molecular weight excluding hydrogens is 348 g/mol. The molecule has 0 unspecified atom stereocenters. The van der Waals surface area contributed by atoms with Crippen molar-refractivity contribution in [2.75, 3.05) is 5.32 Å². The van der Waals surface area contributed by atoms with E-state index < -0.39 is 29.5 Å². The molecule has 0 aliphatic carbocycles. The lowest BCUT2D eigenvalue weighted by molar-refractivity contribution is -0.126. The number of carbonyl (C=O) groups is 2. The number of aliphatic hydroxyl groups is 1. The van der Waals surface area contributed by atoms with E-state index in [1.54, 1.807) is 0 Å². The van der Waals surface area contributed by atoms with Gasteiger partial charge in [0.2, 0.25) is 11.8 Å².